The Balaban J connectivity index is 1.76. The molecule has 0 radical (unpaired) electrons. The smallest absolute Gasteiger partial charge is 0.304 e. The van der Waals surface area contributed by atoms with E-state index in [9.17, 15) is 15.1 Å². The summed E-state index contributed by atoms with van der Waals surface area (Å²) in [5, 5.41) is 21.1. The summed E-state index contributed by atoms with van der Waals surface area (Å²) in [6.45, 7) is 4.42. The fourth-order valence-corrected chi connectivity index (χ4v) is 4.62. The van der Waals surface area contributed by atoms with Crippen molar-refractivity contribution in [1.82, 2.24) is 4.90 Å². The van der Waals surface area contributed by atoms with Gasteiger partial charge in [0.25, 0.3) is 0 Å². The van der Waals surface area contributed by atoms with E-state index in [0.717, 1.165) is 17.0 Å². The topological polar surface area (TPSA) is 102 Å². The molecule has 3 unspecified atom stereocenters. The minimum atomic E-state index is -0.970. The molecule has 0 saturated carbocycles. The molecule has 2 aliphatic rings. The van der Waals surface area contributed by atoms with E-state index in [-0.39, 0.29) is 18.3 Å². The van der Waals surface area contributed by atoms with Crippen LogP contribution in [-0.4, -0.2) is 48.4 Å². The van der Waals surface area contributed by atoms with E-state index in [4.69, 9.17) is 18.9 Å². The number of allylic oxidation sites excluding steroid dienone is 2. The second-order valence-electron chi connectivity index (χ2n) is 8.14. The minimum Gasteiger partial charge on any atom is -0.493 e. The van der Waals surface area contributed by atoms with Gasteiger partial charge in [-0.05, 0) is 30.7 Å². The number of hydrogen-bond acceptors (Lipinski definition) is 7. The molecule has 9 nitrogen and oxygen atoms in total. The highest BCUT2D eigenvalue weighted by atomic mass is 16.7. The van der Waals surface area contributed by atoms with Crippen LogP contribution in [0.15, 0.2) is 47.8 Å². The van der Waals surface area contributed by atoms with Crippen molar-refractivity contribution in [1.29, 1.82) is 0 Å². The maximum atomic E-state index is 11.9. The summed E-state index contributed by atoms with van der Waals surface area (Å²) in [4.78, 5) is 14.0. The highest BCUT2D eigenvalue weighted by Crippen LogP contribution is 2.41. The van der Waals surface area contributed by atoms with Crippen molar-refractivity contribution in [2.75, 3.05) is 21.0 Å². The van der Waals surface area contributed by atoms with Crippen molar-refractivity contribution in [2.24, 2.45) is 0 Å². The van der Waals surface area contributed by atoms with Crippen molar-refractivity contribution in [3.8, 4) is 23.0 Å². The molecule has 0 aromatic heterocycles. The van der Waals surface area contributed by atoms with E-state index in [2.05, 4.69) is 0 Å². The van der Waals surface area contributed by atoms with Gasteiger partial charge in [-0.3, -0.25) is 4.79 Å². The second kappa shape index (κ2) is 9.21. The lowest BCUT2D eigenvalue weighted by Gasteiger charge is -2.33. The fraction of sp³-hybridized carbons (Fsp3) is 0.375. The first-order chi connectivity index (χ1) is 15.8. The first-order valence-electron chi connectivity index (χ1n) is 10.7. The number of carbonyl (C=O) groups is 1. The summed E-state index contributed by atoms with van der Waals surface area (Å²) in [6.07, 6.45) is -0.788. The van der Waals surface area contributed by atoms with Crippen LogP contribution in [0, 0.1) is 0 Å². The summed E-state index contributed by atoms with van der Waals surface area (Å²) < 4.78 is 22.0. The van der Waals surface area contributed by atoms with Gasteiger partial charge in [-0.15, -0.1) is 5.06 Å². The van der Waals surface area contributed by atoms with E-state index < -0.39 is 18.1 Å². The van der Waals surface area contributed by atoms with Crippen molar-refractivity contribution >= 4 is 5.97 Å². The highest BCUT2D eigenvalue weighted by Gasteiger charge is 2.47. The van der Waals surface area contributed by atoms with Crippen molar-refractivity contribution in [3.05, 3.63) is 58.9 Å². The number of hydrogen-bond donors (Lipinski definition) is 3. The summed E-state index contributed by atoms with van der Waals surface area (Å²) in [5.41, 5.74) is 3.23. The molecular weight excluding hydrogens is 428 g/mol. The standard InChI is InChI=1S/C24H28N2O7/c1-14-15(2)26(29)24(25(14)12-16-8-9-19-21(10-16)33-13-32-19)18(11-22(27)28)17-6-5-7-20(30-3)23(17)31-4/h5-10,18,24,29H,11-13H2,1-4H3,(H,27,28)/p+1. The lowest BCUT2D eigenvalue weighted by atomic mass is 9.90. The Morgan fingerprint density at radius 1 is 1.18 bits per heavy atom. The quantitative estimate of drug-likeness (QED) is 0.555. The number of carboxylic acids is 1. The number of carboxylic acid groups (broad SMARTS) is 1. The second-order valence-corrected chi connectivity index (χ2v) is 8.14. The Hall–Kier alpha value is -3.43. The number of ether oxygens (including phenoxy) is 4. The van der Waals surface area contributed by atoms with Gasteiger partial charge >= 0.3 is 5.97 Å². The van der Waals surface area contributed by atoms with Crippen LogP contribution < -0.4 is 24.0 Å². The van der Waals surface area contributed by atoms with Crippen LogP contribution in [0.4, 0.5) is 0 Å². The highest BCUT2D eigenvalue weighted by molar-refractivity contribution is 5.69. The zero-order valence-corrected chi connectivity index (χ0v) is 19.1. The summed E-state index contributed by atoms with van der Waals surface area (Å²) in [6, 6.07) is 11.1. The van der Waals surface area contributed by atoms with Crippen molar-refractivity contribution < 1.29 is 39.1 Å². The Bertz CT molecular complexity index is 1080. The number of quaternary nitrogens is 1. The monoisotopic (exact) mass is 457 g/mol. The van der Waals surface area contributed by atoms with E-state index in [0.29, 0.717) is 35.1 Å². The third-order valence-electron chi connectivity index (χ3n) is 6.37. The molecule has 3 N–H and O–H groups in total. The lowest BCUT2D eigenvalue weighted by molar-refractivity contribution is -1.08. The molecule has 0 bridgehead atoms. The third-order valence-corrected chi connectivity index (χ3v) is 6.37. The van der Waals surface area contributed by atoms with Crippen LogP contribution in [0.3, 0.4) is 0 Å². The molecule has 9 heteroatoms. The van der Waals surface area contributed by atoms with Gasteiger partial charge in [0.05, 0.1) is 32.3 Å². The number of methoxy groups -OCH3 is 2. The fourth-order valence-electron chi connectivity index (χ4n) is 4.62. The normalized spacial score (nSPS) is 20.2. The molecule has 4 rings (SSSR count). The maximum Gasteiger partial charge on any atom is 0.304 e. The Morgan fingerprint density at radius 2 is 1.94 bits per heavy atom. The van der Waals surface area contributed by atoms with Crippen LogP contribution >= 0.6 is 0 Å². The van der Waals surface area contributed by atoms with E-state index in [1.54, 1.807) is 12.1 Å². The number of nitrogens with zero attached hydrogens (tertiary/aromatic N) is 1. The van der Waals surface area contributed by atoms with Gasteiger partial charge in [0.2, 0.25) is 13.0 Å². The minimum absolute atomic E-state index is 0.157. The van der Waals surface area contributed by atoms with Gasteiger partial charge in [-0.1, -0.05) is 18.2 Å². The van der Waals surface area contributed by atoms with E-state index in [1.807, 2.05) is 43.0 Å². The van der Waals surface area contributed by atoms with Crippen LogP contribution in [-0.2, 0) is 11.3 Å². The number of hydroxylamine groups is 2. The zero-order valence-electron chi connectivity index (χ0n) is 19.1. The molecule has 2 heterocycles. The van der Waals surface area contributed by atoms with E-state index >= 15 is 0 Å². The molecule has 2 aromatic rings. The average Bonchev–Trinajstić information content (AvgIpc) is 3.35. The molecular formula is C24H29N2O7+. The van der Waals surface area contributed by atoms with Gasteiger partial charge in [0.1, 0.15) is 0 Å². The van der Waals surface area contributed by atoms with Gasteiger partial charge in [-0.25, -0.2) is 5.21 Å². The number of nitrogens with one attached hydrogen (secondary N) is 1. The zero-order chi connectivity index (χ0) is 23.7. The first kappa shape index (κ1) is 22.8. The average molecular weight is 458 g/mol. The Kier molecular flexibility index (Phi) is 6.35. The first-order valence-corrected chi connectivity index (χ1v) is 10.7. The predicted octanol–water partition coefficient (Wildman–Crippen LogP) is 2.36. The Morgan fingerprint density at radius 3 is 2.64 bits per heavy atom. The van der Waals surface area contributed by atoms with E-state index in [1.165, 1.54) is 14.2 Å². The van der Waals surface area contributed by atoms with Gasteiger partial charge in [-0.2, -0.15) is 0 Å². The molecule has 176 valence electrons. The molecule has 3 atom stereocenters. The van der Waals surface area contributed by atoms with Crippen LogP contribution in [0.1, 0.15) is 37.3 Å². The molecule has 0 fully saturated rings. The number of aliphatic carboxylic acids is 1. The van der Waals surface area contributed by atoms with Gasteiger partial charge < -0.3 is 29.0 Å². The largest absolute Gasteiger partial charge is 0.493 e. The molecule has 0 spiro atoms. The summed E-state index contributed by atoms with van der Waals surface area (Å²) in [7, 11) is 3.06. The molecule has 0 saturated heterocycles. The predicted molar refractivity (Wildman–Crippen MR) is 118 cm³/mol. The van der Waals surface area contributed by atoms with Gasteiger partial charge in [0.15, 0.2) is 28.7 Å². The number of fused-ring (bicyclic) bond motifs is 1. The molecule has 0 aliphatic carbocycles. The number of benzene rings is 2. The third kappa shape index (κ3) is 4.17. The molecule has 0 amide bonds. The number of para-hydroxylation sites is 1. The van der Waals surface area contributed by atoms with Crippen LogP contribution in [0.5, 0.6) is 23.0 Å². The lowest BCUT2D eigenvalue weighted by Crippen LogP contribution is -3.12. The SMILES string of the molecule is COc1cccc(C(CC(=O)O)C2N(Cc3ccc4c(c3)OCO4)C(C)=C(C)[NH+]2O)c1OC. The molecule has 2 aromatic carbocycles. The summed E-state index contributed by atoms with van der Waals surface area (Å²) in [5.74, 6) is 0.776. The summed E-state index contributed by atoms with van der Waals surface area (Å²) >= 11 is 0. The van der Waals surface area contributed by atoms with Crippen molar-refractivity contribution in [2.45, 2.75) is 38.9 Å². The van der Waals surface area contributed by atoms with Crippen LogP contribution in [0.25, 0.3) is 0 Å². The molecule has 2 aliphatic heterocycles. The van der Waals surface area contributed by atoms with Crippen LogP contribution in [0.2, 0.25) is 0 Å². The van der Waals surface area contributed by atoms with Gasteiger partial charge in [0, 0.05) is 19.0 Å². The molecule has 33 heavy (non-hydrogen) atoms. The Labute approximate surface area is 192 Å². The van der Waals surface area contributed by atoms with Crippen molar-refractivity contribution in [3.63, 3.8) is 0 Å². The number of rotatable bonds is 8. The maximum absolute atomic E-state index is 11.9.